The van der Waals surface area contributed by atoms with E-state index in [2.05, 4.69) is 22.5 Å². The van der Waals surface area contributed by atoms with Crippen LogP contribution in [0.2, 0.25) is 5.02 Å². The number of hydrogen-bond donors (Lipinski definition) is 1. The largest absolute Gasteiger partial charge is 0.507 e. The van der Waals surface area contributed by atoms with Crippen molar-refractivity contribution < 1.29 is 14.7 Å². The fourth-order valence-electron chi connectivity index (χ4n) is 2.99. The first-order chi connectivity index (χ1) is 12.5. The molecule has 0 spiro atoms. The molecule has 0 radical (unpaired) electrons. The van der Waals surface area contributed by atoms with E-state index >= 15 is 0 Å². The summed E-state index contributed by atoms with van der Waals surface area (Å²) < 4.78 is 0.837. The molecule has 1 saturated heterocycles. The van der Waals surface area contributed by atoms with Gasteiger partial charge in [0.05, 0.1) is 11.6 Å². The Morgan fingerprint density at radius 1 is 1.19 bits per heavy atom. The molecule has 2 aromatic carbocycles. The van der Waals surface area contributed by atoms with E-state index in [9.17, 15) is 14.7 Å². The zero-order chi connectivity index (χ0) is 18.8. The molecule has 1 amide bonds. The van der Waals surface area contributed by atoms with Crippen molar-refractivity contribution in [2.45, 2.75) is 6.04 Å². The van der Waals surface area contributed by atoms with Gasteiger partial charge < -0.3 is 10.0 Å². The van der Waals surface area contributed by atoms with E-state index in [0.717, 1.165) is 4.47 Å². The highest BCUT2D eigenvalue weighted by atomic mass is 79.9. The third-order valence-corrected chi connectivity index (χ3v) is 5.06. The number of carbonyl (C=O) groups is 2. The first kappa shape index (κ1) is 18.4. The van der Waals surface area contributed by atoms with E-state index in [1.54, 1.807) is 48.5 Å². The second-order valence-corrected chi connectivity index (χ2v) is 7.09. The highest BCUT2D eigenvalue weighted by molar-refractivity contribution is 9.10. The van der Waals surface area contributed by atoms with Crippen LogP contribution in [-0.2, 0) is 9.59 Å². The Bertz CT molecular complexity index is 921. The second kappa shape index (κ2) is 7.48. The number of likely N-dealkylation sites (tertiary alicyclic amines) is 1. The Kier molecular flexibility index (Phi) is 5.30. The van der Waals surface area contributed by atoms with E-state index in [0.29, 0.717) is 16.1 Å². The molecular formula is C20H15BrClNO3. The van der Waals surface area contributed by atoms with Crippen molar-refractivity contribution in [1.29, 1.82) is 0 Å². The molecule has 0 aliphatic carbocycles. The summed E-state index contributed by atoms with van der Waals surface area (Å²) in [5.41, 5.74) is 1.04. The molecule has 1 unspecified atom stereocenters. The van der Waals surface area contributed by atoms with Gasteiger partial charge in [-0.2, -0.15) is 0 Å². The van der Waals surface area contributed by atoms with Crippen LogP contribution in [0.4, 0.5) is 0 Å². The molecule has 1 fully saturated rings. The summed E-state index contributed by atoms with van der Waals surface area (Å²) in [5.74, 6) is -1.65. The van der Waals surface area contributed by atoms with Gasteiger partial charge in [0.25, 0.3) is 11.7 Å². The van der Waals surface area contributed by atoms with Crippen molar-refractivity contribution in [3.8, 4) is 0 Å². The molecule has 0 bridgehead atoms. The summed E-state index contributed by atoms with van der Waals surface area (Å²) in [6, 6.07) is 13.0. The molecule has 0 aromatic heterocycles. The van der Waals surface area contributed by atoms with Gasteiger partial charge in [0, 0.05) is 21.6 Å². The van der Waals surface area contributed by atoms with Crippen LogP contribution in [0.3, 0.4) is 0 Å². The zero-order valence-corrected chi connectivity index (χ0v) is 16.0. The van der Waals surface area contributed by atoms with E-state index in [1.807, 2.05) is 0 Å². The van der Waals surface area contributed by atoms with Crippen LogP contribution in [0.15, 0.2) is 71.2 Å². The Labute approximate surface area is 164 Å². The summed E-state index contributed by atoms with van der Waals surface area (Å²) >= 11 is 9.65. The number of aliphatic hydroxyl groups is 1. The molecule has 1 aliphatic rings. The molecule has 2 aromatic rings. The number of aliphatic hydroxyl groups excluding tert-OH is 1. The fraction of sp³-hybridized carbons (Fsp3) is 0.100. The van der Waals surface area contributed by atoms with Crippen LogP contribution in [0.1, 0.15) is 17.2 Å². The Balaban J connectivity index is 2.23. The summed E-state index contributed by atoms with van der Waals surface area (Å²) in [7, 11) is 0. The monoisotopic (exact) mass is 431 g/mol. The normalized spacial score (nSPS) is 19.0. The van der Waals surface area contributed by atoms with Crippen LogP contribution in [-0.4, -0.2) is 28.2 Å². The lowest BCUT2D eigenvalue weighted by atomic mass is 9.95. The molecule has 4 nitrogen and oxygen atoms in total. The third kappa shape index (κ3) is 3.20. The lowest BCUT2D eigenvalue weighted by Gasteiger charge is -2.24. The Hall–Kier alpha value is -2.37. The van der Waals surface area contributed by atoms with Crippen molar-refractivity contribution in [2.24, 2.45) is 0 Å². The third-order valence-electron chi connectivity index (χ3n) is 4.18. The average molecular weight is 433 g/mol. The second-order valence-electron chi connectivity index (χ2n) is 5.77. The summed E-state index contributed by atoms with van der Waals surface area (Å²) in [6.45, 7) is 3.81. The number of nitrogens with zero attached hydrogens (tertiary/aromatic N) is 1. The van der Waals surface area contributed by atoms with Gasteiger partial charge in [-0.05, 0) is 23.8 Å². The lowest BCUT2D eigenvalue weighted by molar-refractivity contribution is -0.139. The summed E-state index contributed by atoms with van der Waals surface area (Å²) in [4.78, 5) is 26.6. The van der Waals surface area contributed by atoms with Crippen LogP contribution in [0.25, 0.3) is 5.76 Å². The molecule has 1 N–H and O–H groups in total. The zero-order valence-electron chi connectivity index (χ0n) is 13.7. The highest BCUT2D eigenvalue weighted by Gasteiger charge is 2.46. The highest BCUT2D eigenvalue weighted by Crippen LogP contribution is 2.41. The maximum absolute atomic E-state index is 12.7. The minimum Gasteiger partial charge on any atom is -0.507 e. The standard InChI is InChI=1S/C20H15BrClNO3/c1-2-11-23-17(14-5-3-4-6-15(14)22)16(19(25)20(23)26)18(24)12-7-9-13(21)10-8-12/h2-10,17,24H,1,11H2. The molecule has 1 heterocycles. The lowest BCUT2D eigenvalue weighted by Crippen LogP contribution is -2.29. The minimum absolute atomic E-state index is 0.0206. The minimum atomic E-state index is -0.773. The fourth-order valence-corrected chi connectivity index (χ4v) is 3.49. The Morgan fingerprint density at radius 2 is 1.85 bits per heavy atom. The summed E-state index contributed by atoms with van der Waals surface area (Å²) in [5, 5.41) is 11.2. The van der Waals surface area contributed by atoms with Crippen molar-refractivity contribution >= 4 is 45.0 Å². The molecule has 6 heteroatoms. The van der Waals surface area contributed by atoms with Crippen molar-refractivity contribution in [1.82, 2.24) is 4.90 Å². The number of ketones is 1. The maximum Gasteiger partial charge on any atom is 0.295 e. The van der Waals surface area contributed by atoms with Crippen molar-refractivity contribution in [2.75, 3.05) is 6.54 Å². The SMILES string of the molecule is C=CCN1C(=O)C(=O)C(=C(O)c2ccc(Br)cc2)C1c1ccccc1Cl. The van der Waals surface area contributed by atoms with Crippen molar-refractivity contribution in [3.05, 3.63) is 87.4 Å². The predicted molar refractivity (Wildman–Crippen MR) is 105 cm³/mol. The van der Waals surface area contributed by atoms with Crippen LogP contribution in [0, 0.1) is 0 Å². The predicted octanol–water partition coefficient (Wildman–Crippen LogP) is 4.71. The van der Waals surface area contributed by atoms with Gasteiger partial charge in [-0.3, -0.25) is 9.59 Å². The number of amides is 1. The average Bonchev–Trinajstić information content (AvgIpc) is 2.87. The van der Waals surface area contributed by atoms with E-state index in [-0.39, 0.29) is 17.9 Å². The first-order valence-electron chi connectivity index (χ1n) is 7.85. The molecular weight excluding hydrogens is 418 g/mol. The number of benzene rings is 2. The van der Waals surface area contributed by atoms with E-state index < -0.39 is 17.7 Å². The molecule has 26 heavy (non-hydrogen) atoms. The maximum atomic E-state index is 12.7. The van der Waals surface area contributed by atoms with Crippen LogP contribution < -0.4 is 0 Å². The number of halogens is 2. The van der Waals surface area contributed by atoms with E-state index in [4.69, 9.17) is 11.6 Å². The number of Topliss-reactive ketones (excluding diaryl/α,β-unsaturated/α-hetero) is 1. The molecule has 132 valence electrons. The number of carbonyl (C=O) groups excluding carboxylic acids is 2. The van der Waals surface area contributed by atoms with Gasteiger partial charge in [-0.1, -0.05) is 63.9 Å². The van der Waals surface area contributed by atoms with Gasteiger partial charge in [-0.15, -0.1) is 6.58 Å². The molecule has 1 atom stereocenters. The molecule has 3 rings (SSSR count). The number of hydrogen-bond acceptors (Lipinski definition) is 3. The van der Waals surface area contributed by atoms with Gasteiger partial charge in [0.15, 0.2) is 0 Å². The smallest absolute Gasteiger partial charge is 0.295 e. The van der Waals surface area contributed by atoms with Gasteiger partial charge in [-0.25, -0.2) is 0 Å². The van der Waals surface area contributed by atoms with Gasteiger partial charge in [0.1, 0.15) is 5.76 Å². The number of rotatable bonds is 4. The van der Waals surface area contributed by atoms with Crippen molar-refractivity contribution in [3.63, 3.8) is 0 Å². The topological polar surface area (TPSA) is 57.6 Å². The quantitative estimate of drug-likeness (QED) is 0.329. The summed E-state index contributed by atoms with van der Waals surface area (Å²) in [6.07, 6.45) is 1.54. The van der Waals surface area contributed by atoms with Gasteiger partial charge >= 0.3 is 0 Å². The first-order valence-corrected chi connectivity index (χ1v) is 9.02. The Morgan fingerprint density at radius 3 is 2.46 bits per heavy atom. The molecule has 1 aliphatic heterocycles. The van der Waals surface area contributed by atoms with Crippen LogP contribution >= 0.6 is 27.5 Å². The van der Waals surface area contributed by atoms with Crippen LogP contribution in [0.5, 0.6) is 0 Å². The van der Waals surface area contributed by atoms with Gasteiger partial charge in [0.2, 0.25) is 0 Å². The molecule has 0 saturated carbocycles. The van der Waals surface area contributed by atoms with E-state index in [1.165, 1.54) is 11.0 Å².